The maximum absolute atomic E-state index is 11.9. The molecule has 1 saturated heterocycles. The Morgan fingerprint density at radius 1 is 1.31 bits per heavy atom. The fraction of sp³-hybridized carbons (Fsp3) is 0.818. The topological polar surface area (TPSA) is 63.4 Å². The van der Waals surface area contributed by atoms with E-state index in [2.05, 4.69) is 15.9 Å². The number of carbonyl (C=O) groups is 2. The molecule has 1 unspecified atom stereocenters. The summed E-state index contributed by atoms with van der Waals surface area (Å²) in [7, 11) is 0. The summed E-state index contributed by atoms with van der Waals surface area (Å²) in [6, 6.07) is -0.370. The molecule has 1 fully saturated rings. The largest absolute Gasteiger partial charge is 0.368 e. The number of primary amides is 1. The van der Waals surface area contributed by atoms with Crippen molar-refractivity contribution in [1.82, 2.24) is 4.90 Å². The number of nitrogens with zero attached hydrogens (tertiary/aromatic N) is 1. The Labute approximate surface area is 105 Å². The minimum Gasteiger partial charge on any atom is -0.368 e. The molecule has 2 amide bonds. The normalized spacial score (nSPS) is 20.8. The van der Waals surface area contributed by atoms with E-state index in [4.69, 9.17) is 5.73 Å². The minimum atomic E-state index is -0.370. The third-order valence-electron chi connectivity index (χ3n) is 2.93. The van der Waals surface area contributed by atoms with Gasteiger partial charge in [-0.25, -0.2) is 0 Å². The Balaban J connectivity index is 2.47. The second-order valence-corrected chi connectivity index (χ2v) is 4.94. The Morgan fingerprint density at radius 2 is 2.06 bits per heavy atom. The lowest BCUT2D eigenvalue weighted by molar-refractivity contribution is -0.141. The van der Waals surface area contributed by atoms with Crippen LogP contribution in [-0.2, 0) is 9.59 Å². The number of piperidine rings is 1. The molecule has 2 N–H and O–H groups in total. The first kappa shape index (κ1) is 13.5. The summed E-state index contributed by atoms with van der Waals surface area (Å²) < 4.78 is 0. The third kappa shape index (κ3) is 3.77. The van der Waals surface area contributed by atoms with Gasteiger partial charge in [-0.05, 0) is 32.1 Å². The number of hydrogen-bond acceptors (Lipinski definition) is 2. The van der Waals surface area contributed by atoms with Crippen LogP contribution in [-0.4, -0.2) is 34.6 Å². The monoisotopic (exact) mass is 290 g/mol. The van der Waals surface area contributed by atoms with E-state index < -0.39 is 0 Å². The van der Waals surface area contributed by atoms with Crippen molar-refractivity contribution in [2.24, 2.45) is 5.73 Å². The van der Waals surface area contributed by atoms with E-state index in [1.54, 1.807) is 4.90 Å². The summed E-state index contributed by atoms with van der Waals surface area (Å²) in [6.45, 7) is 0.681. The zero-order valence-electron chi connectivity index (χ0n) is 9.45. The predicted molar refractivity (Wildman–Crippen MR) is 66.2 cm³/mol. The fourth-order valence-corrected chi connectivity index (χ4v) is 2.44. The van der Waals surface area contributed by atoms with Crippen molar-refractivity contribution in [2.75, 3.05) is 11.9 Å². The van der Waals surface area contributed by atoms with Crippen molar-refractivity contribution in [2.45, 2.75) is 44.6 Å². The lowest BCUT2D eigenvalue weighted by Crippen LogP contribution is -2.50. The number of likely N-dealkylation sites (tertiary alicyclic amines) is 1. The number of carbonyl (C=O) groups excluding carboxylic acids is 2. The van der Waals surface area contributed by atoms with E-state index in [1.165, 1.54) is 0 Å². The average molecular weight is 291 g/mol. The van der Waals surface area contributed by atoms with Crippen LogP contribution in [0.3, 0.4) is 0 Å². The molecule has 5 heteroatoms. The van der Waals surface area contributed by atoms with E-state index >= 15 is 0 Å². The quantitative estimate of drug-likeness (QED) is 0.615. The minimum absolute atomic E-state index is 0.0736. The van der Waals surface area contributed by atoms with Crippen LogP contribution < -0.4 is 5.73 Å². The van der Waals surface area contributed by atoms with Crippen LogP contribution in [0.15, 0.2) is 0 Å². The second-order valence-electron chi connectivity index (χ2n) is 4.15. The first-order valence-corrected chi connectivity index (χ1v) is 6.93. The molecule has 4 nitrogen and oxygen atoms in total. The van der Waals surface area contributed by atoms with Crippen molar-refractivity contribution in [1.29, 1.82) is 0 Å². The van der Waals surface area contributed by atoms with Gasteiger partial charge in [-0.15, -0.1) is 0 Å². The van der Waals surface area contributed by atoms with E-state index in [9.17, 15) is 9.59 Å². The highest BCUT2D eigenvalue weighted by atomic mass is 79.9. The molecule has 0 spiro atoms. The van der Waals surface area contributed by atoms with E-state index in [0.717, 1.165) is 37.4 Å². The predicted octanol–water partition coefficient (Wildman–Crippen LogP) is 1.42. The lowest BCUT2D eigenvalue weighted by atomic mass is 10.0. The summed E-state index contributed by atoms with van der Waals surface area (Å²) in [5, 5.41) is 0.916. The molecule has 92 valence electrons. The molecule has 1 aliphatic rings. The summed E-state index contributed by atoms with van der Waals surface area (Å²) in [5.74, 6) is -0.294. The van der Waals surface area contributed by atoms with Crippen molar-refractivity contribution in [3.63, 3.8) is 0 Å². The summed E-state index contributed by atoms with van der Waals surface area (Å²) in [5.41, 5.74) is 5.31. The molecule has 0 aliphatic carbocycles. The molecule has 0 aromatic carbocycles. The highest BCUT2D eigenvalue weighted by Gasteiger charge is 2.29. The van der Waals surface area contributed by atoms with Crippen molar-refractivity contribution >= 4 is 27.7 Å². The van der Waals surface area contributed by atoms with Gasteiger partial charge >= 0.3 is 0 Å². The Morgan fingerprint density at radius 3 is 2.69 bits per heavy atom. The molecule has 1 heterocycles. The van der Waals surface area contributed by atoms with Gasteiger partial charge in [0.15, 0.2) is 0 Å². The molecule has 0 radical (unpaired) electrons. The summed E-state index contributed by atoms with van der Waals surface area (Å²) in [6.07, 6.45) is 5.06. The molecule has 16 heavy (non-hydrogen) atoms. The Hall–Kier alpha value is -0.580. The first-order chi connectivity index (χ1) is 7.66. The van der Waals surface area contributed by atoms with Gasteiger partial charge < -0.3 is 10.6 Å². The van der Waals surface area contributed by atoms with Crippen LogP contribution in [0, 0.1) is 0 Å². The van der Waals surface area contributed by atoms with Crippen LogP contribution in [0.2, 0.25) is 0 Å². The summed E-state index contributed by atoms with van der Waals surface area (Å²) in [4.78, 5) is 24.8. The van der Waals surface area contributed by atoms with Crippen LogP contribution in [0.4, 0.5) is 0 Å². The maximum Gasteiger partial charge on any atom is 0.240 e. The van der Waals surface area contributed by atoms with Gasteiger partial charge in [0.25, 0.3) is 0 Å². The zero-order valence-corrected chi connectivity index (χ0v) is 11.0. The van der Waals surface area contributed by atoms with Crippen LogP contribution in [0.5, 0.6) is 0 Å². The SMILES string of the molecule is NC(=O)C1CCCCN1C(=O)CCCCBr. The molecule has 1 rings (SSSR count). The van der Waals surface area contributed by atoms with Gasteiger partial charge in [0.05, 0.1) is 0 Å². The van der Waals surface area contributed by atoms with Crippen LogP contribution in [0.25, 0.3) is 0 Å². The van der Waals surface area contributed by atoms with Crippen molar-refractivity contribution < 1.29 is 9.59 Å². The number of amides is 2. The molecule has 1 aliphatic heterocycles. The third-order valence-corrected chi connectivity index (χ3v) is 3.49. The Kier molecular flexibility index (Phi) is 5.80. The van der Waals surface area contributed by atoms with E-state index in [0.29, 0.717) is 13.0 Å². The standard InChI is InChI=1S/C11H19BrN2O2/c12-7-3-1-6-10(15)14-8-4-2-5-9(14)11(13)16/h9H,1-8H2,(H2,13,16). The van der Waals surface area contributed by atoms with Gasteiger partial charge in [0.1, 0.15) is 6.04 Å². The molecule has 0 saturated carbocycles. The van der Waals surface area contributed by atoms with Crippen LogP contribution >= 0.6 is 15.9 Å². The number of hydrogen-bond donors (Lipinski definition) is 1. The zero-order chi connectivity index (χ0) is 12.0. The molecule has 0 aromatic rings. The van der Waals surface area contributed by atoms with E-state index in [-0.39, 0.29) is 17.9 Å². The van der Waals surface area contributed by atoms with Crippen LogP contribution in [0.1, 0.15) is 38.5 Å². The van der Waals surface area contributed by atoms with Gasteiger partial charge in [0.2, 0.25) is 11.8 Å². The fourth-order valence-electron chi connectivity index (χ4n) is 2.04. The van der Waals surface area contributed by atoms with Gasteiger partial charge in [-0.1, -0.05) is 15.9 Å². The maximum atomic E-state index is 11.9. The molecule has 0 bridgehead atoms. The number of rotatable bonds is 5. The highest BCUT2D eigenvalue weighted by Crippen LogP contribution is 2.18. The number of unbranched alkanes of at least 4 members (excludes halogenated alkanes) is 1. The molecular formula is C11H19BrN2O2. The highest BCUT2D eigenvalue weighted by molar-refractivity contribution is 9.09. The smallest absolute Gasteiger partial charge is 0.240 e. The second kappa shape index (κ2) is 6.89. The average Bonchev–Trinajstić information content (AvgIpc) is 2.29. The van der Waals surface area contributed by atoms with Crippen molar-refractivity contribution in [3.05, 3.63) is 0 Å². The van der Waals surface area contributed by atoms with E-state index in [1.807, 2.05) is 0 Å². The molecule has 0 aromatic heterocycles. The van der Waals surface area contributed by atoms with Crippen molar-refractivity contribution in [3.8, 4) is 0 Å². The molecular weight excluding hydrogens is 272 g/mol. The number of halogens is 1. The van der Waals surface area contributed by atoms with Gasteiger partial charge in [0, 0.05) is 18.3 Å². The lowest BCUT2D eigenvalue weighted by Gasteiger charge is -2.33. The number of nitrogens with two attached hydrogens (primary N) is 1. The summed E-state index contributed by atoms with van der Waals surface area (Å²) >= 11 is 3.33. The Bertz CT molecular complexity index is 258. The van der Waals surface area contributed by atoms with Gasteiger partial charge in [-0.2, -0.15) is 0 Å². The molecule has 1 atom stereocenters. The van der Waals surface area contributed by atoms with Gasteiger partial charge in [-0.3, -0.25) is 9.59 Å². The number of alkyl halides is 1. The first-order valence-electron chi connectivity index (χ1n) is 5.81.